The number of halogens is 1. The fourth-order valence-corrected chi connectivity index (χ4v) is 3.53. The topological polar surface area (TPSA) is 66.5 Å². The van der Waals surface area contributed by atoms with E-state index in [-0.39, 0.29) is 23.8 Å². The van der Waals surface area contributed by atoms with Crippen LogP contribution in [0.4, 0.5) is 5.69 Å². The Morgan fingerprint density at radius 2 is 1.71 bits per heavy atom. The highest BCUT2D eigenvalue weighted by Gasteiger charge is 2.17. The number of nitrogens with one attached hydrogen (secondary N) is 1. The van der Waals surface area contributed by atoms with Crippen LogP contribution in [0.5, 0.6) is 0 Å². The van der Waals surface area contributed by atoms with E-state index >= 15 is 0 Å². The fourth-order valence-electron chi connectivity index (χ4n) is 2.24. The first-order valence-electron chi connectivity index (χ1n) is 7.54. The van der Waals surface area contributed by atoms with Crippen molar-refractivity contribution < 1.29 is 13.2 Å². The molecule has 0 aliphatic heterocycles. The molecule has 0 aromatic heterocycles. The number of para-hydroxylation sites is 1. The van der Waals surface area contributed by atoms with Crippen LogP contribution in [0, 0.1) is 0 Å². The van der Waals surface area contributed by atoms with Crippen molar-refractivity contribution in [1.82, 2.24) is 4.72 Å². The first-order chi connectivity index (χ1) is 11.4. The van der Waals surface area contributed by atoms with E-state index in [0.29, 0.717) is 6.54 Å². The molecule has 2 aromatic rings. The van der Waals surface area contributed by atoms with Crippen LogP contribution in [0.15, 0.2) is 64.0 Å². The number of benzene rings is 2. The summed E-state index contributed by atoms with van der Waals surface area (Å²) in [6, 6.07) is 15.7. The Hall–Kier alpha value is -1.70. The van der Waals surface area contributed by atoms with E-state index in [1.165, 1.54) is 12.1 Å². The average molecular weight is 411 g/mol. The summed E-state index contributed by atoms with van der Waals surface area (Å²) in [6.45, 7) is 2.47. The van der Waals surface area contributed by atoms with Gasteiger partial charge in [0, 0.05) is 29.7 Å². The maximum absolute atomic E-state index is 12.3. The van der Waals surface area contributed by atoms with Crippen molar-refractivity contribution in [3.05, 3.63) is 59.1 Å². The van der Waals surface area contributed by atoms with Crippen LogP contribution in [0.1, 0.15) is 13.3 Å². The minimum Gasteiger partial charge on any atom is -0.313 e. The Morgan fingerprint density at radius 3 is 2.29 bits per heavy atom. The van der Waals surface area contributed by atoms with Crippen molar-refractivity contribution in [2.75, 3.05) is 18.0 Å². The quantitative estimate of drug-likeness (QED) is 0.761. The second-order valence-corrected chi connectivity index (χ2v) is 7.76. The number of hydrogen-bond acceptors (Lipinski definition) is 3. The van der Waals surface area contributed by atoms with Gasteiger partial charge in [-0.25, -0.2) is 13.1 Å². The maximum atomic E-state index is 12.3. The van der Waals surface area contributed by atoms with Gasteiger partial charge in [-0.3, -0.25) is 4.79 Å². The van der Waals surface area contributed by atoms with Gasteiger partial charge in [0.1, 0.15) is 0 Å². The van der Waals surface area contributed by atoms with Crippen molar-refractivity contribution in [2.45, 2.75) is 18.2 Å². The number of sulfonamides is 1. The van der Waals surface area contributed by atoms with E-state index in [1.54, 1.807) is 17.0 Å². The molecular formula is C17H19BrN2O3S. The third-order valence-corrected chi connectivity index (χ3v) is 5.45. The van der Waals surface area contributed by atoms with Crippen LogP contribution in [-0.4, -0.2) is 27.4 Å². The monoisotopic (exact) mass is 410 g/mol. The first-order valence-corrected chi connectivity index (χ1v) is 9.82. The molecule has 0 atom stereocenters. The van der Waals surface area contributed by atoms with Crippen LogP contribution in [0.3, 0.4) is 0 Å². The van der Waals surface area contributed by atoms with Gasteiger partial charge in [0.15, 0.2) is 0 Å². The lowest BCUT2D eigenvalue weighted by atomic mass is 10.2. The third kappa shape index (κ3) is 4.90. The highest BCUT2D eigenvalue weighted by molar-refractivity contribution is 9.10. The smallest absolute Gasteiger partial charge is 0.240 e. The second-order valence-electron chi connectivity index (χ2n) is 5.08. The van der Waals surface area contributed by atoms with Gasteiger partial charge < -0.3 is 4.90 Å². The van der Waals surface area contributed by atoms with E-state index < -0.39 is 10.0 Å². The summed E-state index contributed by atoms with van der Waals surface area (Å²) >= 11 is 3.26. The predicted molar refractivity (Wildman–Crippen MR) is 98.4 cm³/mol. The number of rotatable bonds is 7. The highest BCUT2D eigenvalue weighted by atomic mass is 79.9. The molecule has 0 aliphatic carbocycles. The summed E-state index contributed by atoms with van der Waals surface area (Å²) in [7, 11) is -3.61. The summed E-state index contributed by atoms with van der Waals surface area (Å²) in [6.07, 6.45) is 0.0957. The molecule has 24 heavy (non-hydrogen) atoms. The molecule has 0 fully saturated rings. The molecule has 0 aliphatic rings. The number of carbonyl (C=O) groups excluding carboxylic acids is 1. The highest BCUT2D eigenvalue weighted by Crippen LogP contribution is 2.15. The van der Waals surface area contributed by atoms with E-state index in [0.717, 1.165) is 10.2 Å². The summed E-state index contributed by atoms with van der Waals surface area (Å²) in [5.41, 5.74) is 0.806. The van der Waals surface area contributed by atoms with Gasteiger partial charge >= 0.3 is 0 Å². The zero-order valence-corrected chi connectivity index (χ0v) is 15.7. The van der Waals surface area contributed by atoms with E-state index in [4.69, 9.17) is 0 Å². The normalized spacial score (nSPS) is 11.2. The lowest BCUT2D eigenvalue weighted by Crippen LogP contribution is -2.34. The van der Waals surface area contributed by atoms with Crippen molar-refractivity contribution in [2.24, 2.45) is 0 Å². The van der Waals surface area contributed by atoms with E-state index in [2.05, 4.69) is 20.7 Å². The SMILES string of the molecule is CCN(C(=O)CCNS(=O)(=O)c1ccc(Br)cc1)c1ccccc1. The average Bonchev–Trinajstić information content (AvgIpc) is 2.57. The fraction of sp³-hybridized carbons (Fsp3) is 0.235. The van der Waals surface area contributed by atoms with Gasteiger partial charge in [-0.15, -0.1) is 0 Å². The molecule has 0 radical (unpaired) electrons. The van der Waals surface area contributed by atoms with Crippen LogP contribution >= 0.6 is 15.9 Å². The summed E-state index contributed by atoms with van der Waals surface area (Å²) in [5, 5.41) is 0. The standard InChI is InChI=1S/C17H19BrN2O3S/c1-2-20(15-6-4-3-5-7-15)17(21)12-13-19-24(22,23)16-10-8-14(18)9-11-16/h3-11,19H,2,12-13H2,1H3. The van der Waals surface area contributed by atoms with Crippen molar-refractivity contribution in [1.29, 1.82) is 0 Å². The van der Waals surface area contributed by atoms with Gasteiger partial charge in [-0.1, -0.05) is 34.1 Å². The Bertz CT molecular complexity index is 777. The van der Waals surface area contributed by atoms with Crippen molar-refractivity contribution in [3.63, 3.8) is 0 Å². The predicted octanol–water partition coefficient (Wildman–Crippen LogP) is 3.17. The van der Waals surface area contributed by atoms with Gasteiger partial charge in [0.25, 0.3) is 0 Å². The van der Waals surface area contributed by atoms with Crippen LogP contribution in [-0.2, 0) is 14.8 Å². The number of amides is 1. The minimum atomic E-state index is -3.61. The van der Waals surface area contributed by atoms with Gasteiger partial charge in [0.05, 0.1) is 4.90 Å². The lowest BCUT2D eigenvalue weighted by Gasteiger charge is -2.21. The number of hydrogen-bond donors (Lipinski definition) is 1. The van der Waals surface area contributed by atoms with Crippen LogP contribution < -0.4 is 9.62 Å². The van der Waals surface area contributed by atoms with Gasteiger partial charge in [0.2, 0.25) is 15.9 Å². The zero-order valence-electron chi connectivity index (χ0n) is 13.3. The Balaban J connectivity index is 1.95. The largest absolute Gasteiger partial charge is 0.313 e. The molecule has 1 amide bonds. The molecule has 7 heteroatoms. The Morgan fingerprint density at radius 1 is 1.08 bits per heavy atom. The first kappa shape index (κ1) is 18.6. The maximum Gasteiger partial charge on any atom is 0.240 e. The molecule has 0 unspecified atom stereocenters. The molecule has 1 N–H and O–H groups in total. The van der Waals surface area contributed by atoms with E-state index in [1.807, 2.05) is 37.3 Å². The van der Waals surface area contributed by atoms with E-state index in [9.17, 15) is 13.2 Å². The molecule has 0 spiro atoms. The number of anilines is 1. The minimum absolute atomic E-state index is 0.0561. The van der Waals surface area contributed by atoms with Crippen molar-refractivity contribution >= 4 is 37.5 Å². The van der Waals surface area contributed by atoms with Gasteiger partial charge in [-0.2, -0.15) is 0 Å². The number of carbonyl (C=O) groups is 1. The lowest BCUT2D eigenvalue weighted by molar-refractivity contribution is -0.118. The zero-order chi connectivity index (χ0) is 17.6. The van der Waals surface area contributed by atoms with Crippen LogP contribution in [0.2, 0.25) is 0 Å². The molecule has 0 saturated carbocycles. The molecule has 5 nitrogen and oxygen atoms in total. The molecule has 128 valence electrons. The number of nitrogens with zero attached hydrogens (tertiary/aromatic N) is 1. The second kappa shape index (κ2) is 8.41. The molecule has 2 aromatic carbocycles. The Kier molecular flexibility index (Phi) is 6.53. The van der Waals surface area contributed by atoms with Crippen LogP contribution in [0.25, 0.3) is 0 Å². The van der Waals surface area contributed by atoms with Crippen molar-refractivity contribution in [3.8, 4) is 0 Å². The Labute approximate surface area is 150 Å². The summed E-state index contributed by atoms with van der Waals surface area (Å²) < 4.78 is 27.6. The molecule has 2 rings (SSSR count). The molecule has 0 bridgehead atoms. The third-order valence-electron chi connectivity index (χ3n) is 3.44. The van der Waals surface area contributed by atoms with Gasteiger partial charge in [-0.05, 0) is 43.3 Å². The molecule has 0 saturated heterocycles. The molecular weight excluding hydrogens is 392 g/mol. The summed E-state index contributed by atoms with van der Waals surface area (Å²) in [4.78, 5) is 14.1. The summed E-state index contributed by atoms with van der Waals surface area (Å²) in [5.74, 6) is -0.123. The molecule has 0 heterocycles.